The molecule has 1 fully saturated rings. The fraction of sp³-hybridized carbons (Fsp3) is 0.286. The Kier molecular flexibility index (Phi) is 1.62. The minimum absolute atomic E-state index is 0.0892. The summed E-state index contributed by atoms with van der Waals surface area (Å²) >= 11 is 0. The van der Waals surface area contributed by atoms with Crippen LogP contribution in [0.25, 0.3) is 0 Å². The number of hydrogen-bond acceptors (Lipinski definition) is 3. The maximum absolute atomic E-state index is 11.1. The third-order valence-corrected chi connectivity index (χ3v) is 1.70. The van der Waals surface area contributed by atoms with Crippen molar-refractivity contribution in [3.05, 3.63) is 18.6 Å². The van der Waals surface area contributed by atoms with E-state index in [0.717, 1.165) is 0 Å². The molecule has 1 aromatic rings. The molecular weight excluding hydrogens is 156 g/mol. The number of carbonyl (C=O) groups is 1. The highest BCUT2D eigenvalue weighted by molar-refractivity contribution is 5.92. The Morgan fingerprint density at radius 1 is 1.58 bits per heavy atom. The molecule has 0 radical (unpaired) electrons. The smallest absolute Gasteiger partial charge is 0.323 e. The van der Waals surface area contributed by atoms with Crippen molar-refractivity contribution in [2.24, 2.45) is 0 Å². The van der Waals surface area contributed by atoms with E-state index in [4.69, 9.17) is 0 Å². The molecule has 12 heavy (non-hydrogen) atoms. The van der Waals surface area contributed by atoms with Crippen molar-refractivity contribution >= 4 is 11.8 Å². The van der Waals surface area contributed by atoms with E-state index in [9.17, 15) is 4.79 Å². The summed E-state index contributed by atoms with van der Waals surface area (Å²) in [6, 6.07) is 1.62. The molecule has 2 rings (SSSR count). The first-order valence-corrected chi connectivity index (χ1v) is 3.69. The van der Waals surface area contributed by atoms with Crippen LogP contribution in [0.4, 0.5) is 10.6 Å². The Morgan fingerprint density at radius 2 is 2.50 bits per heavy atom. The van der Waals surface area contributed by atoms with Gasteiger partial charge in [-0.1, -0.05) is 0 Å². The molecule has 1 saturated heterocycles. The third kappa shape index (κ3) is 1.09. The maximum atomic E-state index is 11.1. The largest absolute Gasteiger partial charge is 0.336 e. The van der Waals surface area contributed by atoms with Crippen molar-refractivity contribution < 1.29 is 4.79 Å². The van der Waals surface area contributed by atoms with Gasteiger partial charge in [-0.25, -0.2) is 14.8 Å². The van der Waals surface area contributed by atoms with E-state index in [2.05, 4.69) is 15.3 Å². The Balaban J connectivity index is 2.25. The number of hydrogen-bond donors (Lipinski definition) is 1. The van der Waals surface area contributed by atoms with Gasteiger partial charge in [0.05, 0.1) is 0 Å². The van der Waals surface area contributed by atoms with Crippen molar-refractivity contribution in [3.63, 3.8) is 0 Å². The lowest BCUT2D eigenvalue weighted by Crippen LogP contribution is -2.28. The number of rotatable bonds is 1. The minimum atomic E-state index is -0.0892. The summed E-state index contributed by atoms with van der Waals surface area (Å²) < 4.78 is 0. The lowest BCUT2D eigenvalue weighted by molar-refractivity contribution is 0.252. The van der Waals surface area contributed by atoms with Crippen molar-refractivity contribution in [1.29, 1.82) is 0 Å². The van der Waals surface area contributed by atoms with Crippen LogP contribution < -0.4 is 10.2 Å². The quantitative estimate of drug-likeness (QED) is 0.635. The van der Waals surface area contributed by atoms with Crippen molar-refractivity contribution in [3.8, 4) is 0 Å². The number of nitrogens with zero attached hydrogens (tertiary/aromatic N) is 3. The molecule has 2 amide bonds. The maximum Gasteiger partial charge on any atom is 0.323 e. The SMILES string of the molecule is O=C1NCCN1c1ccncn1. The van der Waals surface area contributed by atoms with Gasteiger partial charge < -0.3 is 5.32 Å². The molecule has 0 aliphatic carbocycles. The van der Waals surface area contributed by atoms with Crippen LogP contribution in [0.2, 0.25) is 0 Å². The zero-order valence-corrected chi connectivity index (χ0v) is 6.40. The second-order valence-electron chi connectivity index (χ2n) is 2.45. The van der Waals surface area contributed by atoms with Crippen LogP contribution >= 0.6 is 0 Å². The van der Waals surface area contributed by atoms with Gasteiger partial charge in [-0.3, -0.25) is 4.90 Å². The number of aromatic nitrogens is 2. The van der Waals surface area contributed by atoms with E-state index in [1.165, 1.54) is 6.33 Å². The highest BCUT2D eigenvalue weighted by Crippen LogP contribution is 2.10. The normalized spacial score (nSPS) is 16.3. The average Bonchev–Trinajstić information content (AvgIpc) is 2.53. The van der Waals surface area contributed by atoms with Gasteiger partial charge in [-0.2, -0.15) is 0 Å². The Morgan fingerprint density at radius 3 is 3.08 bits per heavy atom. The van der Waals surface area contributed by atoms with Gasteiger partial charge >= 0.3 is 6.03 Å². The summed E-state index contributed by atoms with van der Waals surface area (Å²) in [5, 5.41) is 2.69. The minimum Gasteiger partial charge on any atom is -0.336 e. The lowest BCUT2D eigenvalue weighted by Gasteiger charge is -2.11. The van der Waals surface area contributed by atoms with Crippen molar-refractivity contribution in [1.82, 2.24) is 15.3 Å². The molecule has 0 bridgehead atoms. The van der Waals surface area contributed by atoms with E-state index in [-0.39, 0.29) is 6.03 Å². The molecule has 5 heteroatoms. The molecule has 0 unspecified atom stereocenters. The van der Waals surface area contributed by atoms with Crippen LogP contribution in [0.15, 0.2) is 18.6 Å². The topological polar surface area (TPSA) is 58.1 Å². The van der Waals surface area contributed by atoms with E-state index in [0.29, 0.717) is 18.9 Å². The lowest BCUT2D eigenvalue weighted by atomic mass is 10.5. The summed E-state index contributed by atoms with van der Waals surface area (Å²) in [7, 11) is 0. The Labute approximate surface area is 69.4 Å². The molecule has 62 valence electrons. The molecule has 1 aliphatic rings. The zero-order valence-electron chi connectivity index (χ0n) is 6.40. The van der Waals surface area contributed by atoms with Crippen LogP contribution in [-0.2, 0) is 0 Å². The molecular formula is C7H8N4O. The van der Waals surface area contributed by atoms with Crippen molar-refractivity contribution in [2.75, 3.05) is 18.0 Å². The van der Waals surface area contributed by atoms with Crippen LogP contribution in [-0.4, -0.2) is 29.1 Å². The van der Waals surface area contributed by atoms with E-state index < -0.39 is 0 Å². The molecule has 0 saturated carbocycles. The number of nitrogens with one attached hydrogen (secondary N) is 1. The van der Waals surface area contributed by atoms with Crippen LogP contribution in [0.5, 0.6) is 0 Å². The Hall–Kier alpha value is -1.65. The second kappa shape index (κ2) is 2.77. The molecule has 0 atom stereocenters. The predicted molar refractivity (Wildman–Crippen MR) is 42.8 cm³/mol. The predicted octanol–water partition coefficient (Wildman–Crippen LogP) is 0.00620. The number of urea groups is 1. The molecule has 0 aromatic carbocycles. The van der Waals surface area contributed by atoms with Gasteiger partial charge in [0.15, 0.2) is 0 Å². The van der Waals surface area contributed by atoms with Gasteiger partial charge in [-0.15, -0.1) is 0 Å². The summed E-state index contributed by atoms with van der Waals surface area (Å²) in [6.07, 6.45) is 3.05. The second-order valence-corrected chi connectivity index (χ2v) is 2.45. The number of anilines is 1. The number of amides is 2. The van der Waals surface area contributed by atoms with Gasteiger partial charge in [0.2, 0.25) is 0 Å². The highest BCUT2D eigenvalue weighted by atomic mass is 16.2. The molecule has 1 aliphatic heterocycles. The van der Waals surface area contributed by atoms with Gasteiger partial charge in [0, 0.05) is 19.3 Å². The van der Waals surface area contributed by atoms with Gasteiger partial charge in [0.25, 0.3) is 0 Å². The summed E-state index contributed by atoms with van der Waals surface area (Å²) in [5.74, 6) is 0.653. The first-order valence-electron chi connectivity index (χ1n) is 3.69. The molecule has 0 spiro atoms. The summed E-state index contributed by atoms with van der Waals surface area (Å²) in [5.41, 5.74) is 0. The first-order chi connectivity index (χ1) is 5.88. The highest BCUT2D eigenvalue weighted by Gasteiger charge is 2.21. The van der Waals surface area contributed by atoms with E-state index in [1.54, 1.807) is 17.2 Å². The molecule has 1 aromatic heterocycles. The fourth-order valence-electron chi connectivity index (χ4n) is 1.13. The van der Waals surface area contributed by atoms with Gasteiger partial charge in [-0.05, 0) is 6.07 Å². The number of carbonyl (C=O) groups excluding carboxylic acids is 1. The molecule has 2 heterocycles. The molecule has 1 N–H and O–H groups in total. The first kappa shape index (κ1) is 7.02. The summed E-state index contributed by atoms with van der Waals surface area (Å²) in [4.78, 5) is 20.5. The summed E-state index contributed by atoms with van der Waals surface area (Å²) in [6.45, 7) is 1.36. The van der Waals surface area contributed by atoms with Crippen LogP contribution in [0.3, 0.4) is 0 Å². The third-order valence-electron chi connectivity index (χ3n) is 1.70. The van der Waals surface area contributed by atoms with Crippen LogP contribution in [0.1, 0.15) is 0 Å². The van der Waals surface area contributed by atoms with E-state index >= 15 is 0 Å². The Bertz CT molecular complexity index is 287. The van der Waals surface area contributed by atoms with Crippen LogP contribution in [0, 0.1) is 0 Å². The zero-order chi connectivity index (χ0) is 8.39. The van der Waals surface area contributed by atoms with E-state index in [1.807, 2.05) is 0 Å². The molecule has 5 nitrogen and oxygen atoms in total. The monoisotopic (exact) mass is 164 g/mol. The van der Waals surface area contributed by atoms with Gasteiger partial charge in [0.1, 0.15) is 12.1 Å². The van der Waals surface area contributed by atoms with Crippen molar-refractivity contribution in [2.45, 2.75) is 0 Å². The fourth-order valence-corrected chi connectivity index (χ4v) is 1.13. The standard InChI is InChI=1S/C7H8N4O/c12-7-9-3-4-11(7)6-1-2-8-5-10-6/h1-2,5H,3-4H2,(H,9,12). The average molecular weight is 164 g/mol.